The van der Waals surface area contributed by atoms with Crippen molar-refractivity contribution in [3.8, 4) is 6.07 Å². The molecule has 0 aliphatic rings. The maximum atomic E-state index is 10.1. The van der Waals surface area contributed by atoms with Crippen LogP contribution >= 0.6 is 0 Å². The Labute approximate surface area is 193 Å². The lowest BCUT2D eigenvalue weighted by molar-refractivity contribution is -0.643. The third kappa shape index (κ3) is 2.31. The van der Waals surface area contributed by atoms with Crippen molar-refractivity contribution in [3.05, 3.63) is 70.4 Å². The molecule has 6 aromatic rings. The fourth-order valence-electron chi connectivity index (χ4n) is 6.01. The number of fused-ring (bicyclic) bond motifs is 6. The molecule has 0 aliphatic carbocycles. The van der Waals surface area contributed by atoms with E-state index in [2.05, 4.69) is 92.4 Å². The molecule has 0 radical (unpaired) electrons. The minimum atomic E-state index is -0.605. The van der Waals surface area contributed by atoms with Gasteiger partial charge in [0.15, 0.2) is 6.20 Å². The van der Waals surface area contributed by atoms with Gasteiger partial charge in [0, 0.05) is 16.8 Å². The van der Waals surface area contributed by atoms with E-state index in [1.807, 2.05) is 13.8 Å². The highest BCUT2D eigenvalue weighted by Crippen LogP contribution is 2.46. The molecule has 0 saturated heterocycles. The highest BCUT2D eigenvalue weighted by Gasteiger charge is 2.31. The van der Waals surface area contributed by atoms with E-state index < -0.39 is 5.41 Å². The molecule has 162 valence electrons. The average molecular weight is 431 g/mol. The predicted octanol–water partition coefficient (Wildman–Crippen LogP) is 6.85. The Hall–Kier alpha value is -3.64. The Balaban J connectivity index is 2.15. The molecule has 0 atom stereocenters. The van der Waals surface area contributed by atoms with Gasteiger partial charge in [0.1, 0.15) is 7.05 Å². The summed E-state index contributed by atoms with van der Waals surface area (Å²) in [7, 11) is 2.15. The zero-order valence-electron chi connectivity index (χ0n) is 20.4. The topological polar surface area (TPSA) is 32.1 Å². The molecule has 3 heterocycles. The van der Waals surface area contributed by atoms with Gasteiger partial charge in [0.25, 0.3) is 0 Å². The van der Waals surface area contributed by atoms with Gasteiger partial charge in [0.2, 0.25) is 5.52 Å². The summed E-state index contributed by atoms with van der Waals surface area (Å²) in [5, 5.41) is 16.4. The second kappa shape index (κ2) is 6.23. The van der Waals surface area contributed by atoms with Crippen molar-refractivity contribution in [1.29, 1.82) is 5.26 Å². The van der Waals surface area contributed by atoms with E-state index in [1.165, 1.54) is 71.3 Å². The van der Waals surface area contributed by atoms with E-state index >= 15 is 0 Å². The van der Waals surface area contributed by atoms with Crippen LogP contribution in [0.3, 0.4) is 0 Å². The molecule has 0 aliphatic heterocycles. The van der Waals surface area contributed by atoms with Crippen molar-refractivity contribution >= 4 is 49.0 Å². The summed E-state index contributed by atoms with van der Waals surface area (Å²) in [5.41, 5.74) is 10.7. The summed E-state index contributed by atoms with van der Waals surface area (Å²) in [6, 6.07) is 16.0. The standard InChI is InChI=1S/C30H28N3/c1-16-9-8-10-22-23(16)26-21(30(5,6)15-31)14-20-11-12-32(7)28-24-19(4)17(2)13-18(3)27(24)33(22)29(26)25(20)28/h8-14H,1-7H3/q+1. The van der Waals surface area contributed by atoms with Crippen molar-refractivity contribution in [2.45, 2.75) is 47.0 Å². The molecule has 0 amide bonds. The van der Waals surface area contributed by atoms with Crippen LogP contribution in [0, 0.1) is 39.0 Å². The first-order chi connectivity index (χ1) is 15.7. The molecule has 0 bridgehead atoms. The Morgan fingerprint density at radius 2 is 1.61 bits per heavy atom. The molecule has 0 saturated carbocycles. The second-order valence-electron chi connectivity index (χ2n) is 10.3. The first kappa shape index (κ1) is 20.0. The van der Waals surface area contributed by atoms with Gasteiger partial charge >= 0.3 is 0 Å². The molecule has 3 heteroatoms. The molecule has 0 N–H and O–H groups in total. The monoisotopic (exact) mass is 430 g/mol. The molecule has 0 unspecified atom stereocenters. The van der Waals surface area contributed by atoms with Crippen LogP contribution < -0.4 is 4.57 Å². The summed E-state index contributed by atoms with van der Waals surface area (Å²) in [5.74, 6) is 0. The van der Waals surface area contributed by atoms with Crippen LogP contribution in [-0.2, 0) is 12.5 Å². The molecule has 0 spiro atoms. The maximum Gasteiger partial charge on any atom is 0.224 e. The highest BCUT2D eigenvalue weighted by molar-refractivity contribution is 6.29. The number of hydrogen-bond donors (Lipinski definition) is 0. The minimum Gasteiger partial charge on any atom is -0.307 e. The van der Waals surface area contributed by atoms with Crippen LogP contribution in [0.2, 0.25) is 0 Å². The summed E-state index contributed by atoms with van der Waals surface area (Å²) < 4.78 is 4.76. The molecule has 6 rings (SSSR count). The molecular weight excluding hydrogens is 402 g/mol. The van der Waals surface area contributed by atoms with Crippen LogP contribution in [0.5, 0.6) is 0 Å². The zero-order valence-corrected chi connectivity index (χ0v) is 20.4. The van der Waals surface area contributed by atoms with Crippen molar-refractivity contribution in [1.82, 2.24) is 4.40 Å². The van der Waals surface area contributed by atoms with E-state index in [0.29, 0.717) is 0 Å². The summed E-state index contributed by atoms with van der Waals surface area (Å²) in [6.45, 7) is 13.0. The quantitative estimate of drug-likeness (QED) is 0.159. The van der Waals surface area contributed by atoms with Crippen molar-refractivity contribution < 1.29 is 4.57 Å². The summed E-state index contributed by atoms with van der Waals surface area (Å²) in [6.07, 6.45) is 2.16. The van der Waals surface area contributed by atoms with Gasteiger partial charge in [-0.05, 0) is 86.9 Å². The molecule has 3 nitrogen and oxygen atoms in total. The first-order valence-electron chi connectivity index (χ1n) is 11.6. The number of nitriles is 1. The van der Waals surface area contributed by atoms with Gasteiger partial charge in [-0.25, -0.2) is 4.57 Å². The van der Waals surface area contributed by atoms with E-state index in [0.717, 1.165) is 5.56 Å². The summed E-state index contributed by atoms with van der Waals surface area (Å²) in [4.78, 5) is 0. The second-order valence-corrected chi connectivity index (χ2v) is 10.3. The third-order valence-corrected chi connectivity index (χ3v) is 7.79. The number of benzene rings is 3. The average Bonchev–Trinajstić information content (AvgIpc) is 3.13. The largest absolute Gasteiger partial charge is 0.307 e. The number of aryl methyl sites for hydroxylation is 5. The lowest BCUT2D eigenvalue weighted by Gasteiger charge is -2.21. The number of pyridine rings is 2. The Morgan fingerprint density at radius 1 is 0.848 bits per heavy atom. The predicted molar refractivity (Wildman–Crippen MR) is 137 cm³/mol. The van der Waals surface area contributed by atoms with Crippen LogP contribution in [0.25, 0.3) is 49.0 Å². The molecule has 0 fully saturated rings. The number of nitrogens with zero attached hydrogens (tertiary/aromatic N) is 3. The maximum absolute atomic E-state index is 10.1. The van der Waals surface area contributed by atoms with Crippen LogP contribution in [0.4, 0.5) is 0 Å². The van der Waals surface area contributed by atoms with Gasteiger partial charge in [-0.3, -0.25) is 0 Å². The van der Waals surface area contributed by atoms with Crippen LogP contribution in [0.15, 0.2) is 42.6 Å². The molecule has 3 aromatic carbocycles. The van der Waals surface area contributed by atoms with E-state index in [-0.39, 0.29) is 0 Å². The van der Waals surface area contributed by atoms with Gasteiger partial charge in [-0.1, -0.05) is 18.2 Å². The van der Waals surface area contributed by atoms with E-state index in [1.54, 1.807) is 0 Å². The number of rotatable bonds is 1. The van der Waals surface area contributed by atoms with Gasteiger partial charge in [-0.2, -0.15) is 5.26 Å². The fraction of sp³-hybridized carbons (Fsp3) is 0.267. The lowest BCUT2D eigenvalue weighted by atomic mass is 9.81. The van der Waals surface area contributed by atoms with E-state index in [9.17, 15) is 5.26 Å². The molecule has 3 aromatic heterocycles. The van der Waals surface area contributed by atoms with Gasteiger partial charge in [-0.15, -0.1) is 0 Å². The number of aromatic nitrogens is 2. The number of hydrogen-bond acceptors (Lipinski definition) is 1. The molecule has 33 heavy (non-hydrogen) atoms. The fourth-order valence-corrected chi connectivity index (χ4v) is 6.01. The molecular formula is C30H28N3+. The van der Waals surface area contributed by atoms with Crippen molar-refractivity contribution in [2.75, 3.05) is 0 Å². The normalized spacial score (nSPS) is 12.7. The smallest absolute Gasteiger partial charge is 0.224 e. The van der Waals surface area contributed by atoms with Gasteiger partial charge < -0.3 is 4.40 Å². The minimum absolute atomic E-state index is 0.605. The SMILES string of the molecule is Cc1cc(C)c2c(c1C)c1c3c(cc[n+]1C)cc(C(C)(C)C#N)c1c4c(C)cccc4n2c13. The first-order valence-corrected chi connectivity index (χ1v) is 11.6. The Kier molecular flexibility index (Phi) is 3.78. The lowest BCUT2D eigenvalue weighted by Crippen LogP contribution is -2.29. The van der Waals surface area contributed by atoms with E-state index in [4.69, 9.17) is 0 Å². The zero-order chi connectivity index (χ0) is 23.4. The Morgan fingerprint density at radius 3 is 2.33 bits per heavy atom. The summed E-state index contributed by atoms with van der Waals surface area (Å²) >= 11 is 0. The van der Waals surface area contributed by atoms with Crippen molar-refractivity contribution in [2.24, 2.45) is 7.05 Å². The van der Waals surface area contributed by atoms with Gasteiger partial charge in [0.05, 0.1) is 38.8 Å². The van der Waals surface area contributed by atoms with Crippen molar-refractivity contribution in [3.63, 3.8) is 0 Å². The third-order valence-electron chi connectivity index (χ3n) is 7.79. The van der Waals surface area contributed by atoms with Crippen LogP contribution in [0.1, 0.15) is 41.7 Å². The Bertz CT molecular complexity index is 1840. The highest BCUT2D eigenvalue weighted by atomic mass is 15.0. The van der Waals surface area contributed by atoms with Crippen LogP contribution in [-0.4, -0.2) is 4.40 Å².